The third-order valence-corrected chi connectivity index (χ3v) is 5.86. The zero-order chi connectivity index (χ0) is 14.6. The molecule has 6 heteroatoms. The summed E-state index contributed by atoms with van der Waals surface area (Å²) in [6, 6.07) is 6.67. The Morgan fingerprint density at radius 3 is 2.60 bits per heavy atom. The monoisotopic (exact) mass is 361 g/mol. The van der Waals surface area contributed by atoms with Crippen molar-refractivity contribution < 1.29 is 13.5 Å². The van der Waals surface area contributed by atoms with Gasteiger partial charge in [-0.15, -0.1) is 0 Å². The topological polar surface area (TPSA) is 66.4 Å². The van der Waals surface area contributed by atoms with Crippen LogP contribution in [-0.2, 0) is 10.0 Å². The van der Waals surface area contributed by atoms with E-state index >= 15 is 0 Å². The van der Waals surface area contributed by atoms with Crippen LogP contribution in [0.25, 0.3) is 0 Å². The second-order valence-corrected chi connectivity index (χ2v) is 7.98. The predicted octanol–water partition coefficient (Wildman–Crippen LogP) is 2.53. The Hall–Kier alpha value is -0.430. The number of benzene rings is 1. The zero-order valence-electron chi connectivity index (χ0n) is 11.3. The van der Waals surface area contributed by atoms with Gasteiger partial charge in [0.05, 0.1) is 4.90 Å². The number of sulfonamides is 1. The maximum absolute atomic E-state index is 12.2. The Morgan fingerprint density at radius 2 is 1.95 bits per heavy atom. The number of halogens is 1. The van der Waals surface area contributed by atoms with Crippen LogP contribution >= 0.6 is 15.9 Å². The van der Waals surface area contributed by atoms with Crippen molar-refractivity contribution in [2.45, 2.75) is 30.6 Å². The first-order valence-electron chi connectivity index (χ1n) is 6.89. The average Bonchev–Trinajstić information content (AvgIpc) is 2.45. The second-order valence-electron chi connectivity index (χ2n) is 5.30. The van der Waals surface area contributed by atoms with Gasteiger partial charge >= 0.3 is 0 Å². The summed E-state index contributed by atoms with van der Waals surface area (Å²) in [6.45, 7) is 0.545. The molecule has 1 aliphatic carbocycles. The second kappa shape index (κ2) is 7.02. The molecule has 2 rings (SSSR count). The first-order chi connectivity index (χ1) is 9.53. The van der Waals surface area contributed by atoms with Crippen LogP contribution in [0.15, 0.2) is 33.6 Å². The fourth-order valence-electron chi connectivity index (χ4n) is 2.73. The van der Waals surface area contributed by atoms with E-state index in [0.29, 0.717) is 6.54 Å². The first kappa shape index (κ1) is 15.9. The zero-order valence-corrected chi connectivity index (χ0v) is 13.7. The highest BCUT2D eigenvalue weighted by molar-refractivity contribution is 9.10. The van der Waals surface area contributed by atoms with E-state index in [4.69, 9.17) is 0 Å². The van der Waals surface area contributed by atoms with Crippen LogP contribution in [-0.4, -0.2) is 26.7 Å². The Bertz CT molecular complexity index is 547. The Kier molecular flexibility index (Phi) is 5.60. The number of aliphatic hydroxyl groups excluding tert-OH is 1. The van der Waals surface area contributed by atoms with E-state index < -0.39 is 10.0 Å². The molecule has 112 valence electrons. The Morgan fingerprint density at radius 1 is 1.25 bits per heavy atom. The van der Waals surface area contributed by atoms with Crippen molar-refractivity contribution in [1.29, 1.82) is 0 Å². The predicted molar refractivity (Wildman–Crippen MR) is 81.9 cm³/mol. The third-order valence-electron chi connectivity index (χ3n) is 3.94. The summed E-state index contributed by atoms with van der Waals surface area (Å²) < 4.78 is 27.9. The molecule has 2 unspecified atom stereocenters. The lowest BCUT2D eigenvalue weighted by molar-refractivity contribution is 0.136. The molecule has 0 bridgehead atoms. The van der Waals surface area contributed by atoms with E-state index in [1.165, 1.54) is 0 Å². The van der Waals surface area contributed by atoms with Gasteiger partial charge in [-0.05, 0) is 42.9 Å². The van der Waals surface area contributed by atoms with E-state index in [0.717, 1.165) is 30.2 Å². The molecule has 2 atom stereocenters. The van der Waals surface area contributed by atoms with E-state index in [9.17, 15) is 13.5 Å². The van der Waals surface area contributed by atoms with Gasteiger partial charge in [0.1, 0.15) is 0 Å². The molecule has 1 saturated carbocycles. The van der Waals surface area contributed by atoms with Gasteiger partial charge in [0.2, 0.25) is 10.0 Å². The standard InChI is InChI=1S/C14H20BrNO3S/c15-13-6-3-7-14(8-13)20(18,19)16-9-11-4-1-2-5-12(11)10-17/h3,6-8,11-12,16-17H,1-2,4-5,9-10H2. The summed E-state index contributed by atoms with van der Waals surface area (Å²) >= 11 is 3.28. The van der Waals surface area contributed by atoms with Crippen molar-refractivity contribution in [3.05, 3.63) is 28.7 Å². The van der Waals surface area contributed by atoms with Gasteiger partial charge in [0, 0.05) is 17.6 Å². The summed E-state index contributed by atoms with van der Waals surface area (Å²) in [6.07, 6.45) is 4.20. The molecule has 1 aromatic rings. The van der Waals surface area contributed by atoms with E-state index in [2.05, 4.69) is 20.7 Å². The van der Waals surface area contributed by atoms with Gasteiger partial charge in [-0.2, -0.15) is 0 Å². The maximum atomic E-state index is 12.2. The number of nitrogens with one attached hydrogen (secondary N) is 1. The first-order valence-corrected chi connectivity index (χ1v) is 9.16. The number of rotatable bonds is 5. The molecule has 20 heavy (non-hydrogen) atoms. The van der Waals surface area contributed by atoms with E-state index in [1.54, 1.807) is 24.3 Å². The van der Waals surface area contributed by atoms with Crippen LogP contribution < -0.4 is 4.72 Å². The molecular formula is C14H20BrNO3S. The van der Waals surface area contributed by atoms with Crippen molar-refractivity contribution in [3.63, 3.8) is 0 Å². The molecule has 1 aromatic carbocycles. The van der Waals surface area contributed by atoms with Gasteiger partial charge < -0.3 is 5.11 Å². The van der Waals surface area contributed by atoms with Crippen LogP contribution in [0.2, 0.25) is 0 Å². The number of hydrogen-bond donors (Lipinski definition) is 2. The van der Waals surface area contributed by atoms with Crippen molar-refractivity contribution in [1.82, 2.24) is 4.72 Å². The lowest BCUT2D eigenvalue weighted by Crippen LogP contribution is -2.35. The molecule has 0 saturated heterocycles. The summed E-state index contributed by atoms with van der Waals surface area (Å²) in [4.78, 5) is 0.267. The van der Waals surface area contributed by atoms with Gasteiger partial charge in [-0.1, -0.05) is 34.8 Å². The summed E-state index contributed by atoms with van der Waals surface area (Å²) in [7, 11) is -3.48. The minimum atomic E-state index is -3.48. The minimum absolute atomic E-state index is 0.142. The molecule has 0 radical (unpaired) electrons. The fraction of sp³-hybridized carbons (Fsp3) is 0.571. The SMILES string of the molecule is O=S(=O)(NCC1CCCCC1CO)c1cccc(Br)c1. The minimum Gasteiger partial charge on any atom is -0.396 e. The number of aliphatic hydroxyl groups is 1. The highest BCUT2D eigenvalue weighted by Crippen LogP contribution is 2.29. The van der Waals surface area contributed by atoms with Crippen molar-refractivity contribution in [2.75, 3.05) is 13.2 Å². The molecule has 1 aliphatic rings. The van der Waals surface area contributed by atoms with Crippen molar-refractivity contribution in [2.24, 2.45) is 11.8 Å². The molecule has 0 heterocycles. The smallest absolute Gasteiger partial charge is 0.240 e. The molecule has 0 spiro atoms. The quantitative estimate of drug-likeness (QED) is 0.846. The van der Waals surface area contributed by atoms with Crippen LogP contribution in [0.3, 0.4) is 0 Å². The molecule has 1 fully saturated rings. The fourth-order valence-corrected chi connectivity index (χ4v) is 4.42. The van der Waals surface area contributed by atoms with E-state index in [1.807, 2.05) is 0 Å². The molecule has 0 amide bonds. The normalized spacial score (nSPS) is 23.7. The van der Waals surface area contributed by atoms with Crippen LogP contribution in [0.1, 0.15) is 25.7 Å². The Balaban J connectivity index is 2.02. The van der Waals surface area contributed by atoms with Gasteiger partial charge in [0.15, 0.2) is 0 Å². The van der Waals surface area contributed by atoms with Gasteiger partial charge in [-0.3, -0.25) is 0 Å². The molecule has 2 N–H and O–H groups in total. The summed E-state index contributed by atoms with van der Waals surface area (Å²) in [5.74, 6) is 0.449. The summed E-state index contributed by atoms with van der Waals surface area (Å²) in [5.41, 5.74) is 0. The summed E-state index contributed by atoms with van der Waals surface area (Å²) in [5, 5.41) is 9.36. The Labute approximate surface area is 128 Å². The highest BCUT2D eigenvalue weighted by Gasteiger charge is 2.26. The average molecular weight is 362 g/mol. The maximum Gasteiger partial charge on any atom is 0.240 e. The number of hydrogen-bond acceptors (Lipinski definition) is 3. The lowest BCUT2D eigenvalue weighted by atomic mass is 9.80. The lowest BCUT2D eigenvalue weighted by Gasteiger charge is -2.30. The highest BCUT2D eigenvalue weighted by atomic mass is 79.9. The van der Waals surface area contributed by atoms with Crippen LogP contribution in [0.5, 0.6) is 0 Å². The molecule has 4 nitrogen and oxygen atoms in total. The molecular weight excluding hydrogens is 342 g/mol. The van der Waals surface area contributed by atoms with Gasteiger partial charge in [-0.25, -0.2) is 13.1 Å². The molecule has 0 aliphatic heterocycles. The largest absolute Gasteiger partial charge is 0.396 e. The third kappa shape index (κ3) is 4.04. The van der Waals surface area contributed by atoms with Gasteiger partial charge in [0.25, 0.3) is 0 Å². The molecule has 0 aromatic heterocycles. The van der Waals surface area contributed by atoms with Crippen LogP contribution in [0.4, 0.5) is 0 Å². The van der Waals surface area contributed by atoms with E-state index in [-0.39, 0.29) is 23.3 Å². The van der Waals surface area contributed by atoms with Crippen molar-refractivity contribution in [3.8, 4) is 0 Å². The van der Waals surface area contributed by atoms with Crippen LogP contribution in [0, 0.1) is 11.8 Å². The van der Waals surface area contributed by atoms with Crippen molar-refractivity contribution >= 4 is 26.0 Å².